The van der Waals surface area contributed by atoms with Crippen LogP contribution in [0.25, 0.3) is 0 Å². The van der Waals surface area contributed by atoms with Crippen LogP contribution in [0.4, 0.5) is 0 Å². The fraction of sp³-hybridized carbons (Fsp3) is 0.394. The molecule has 43 heavy (non-hydrogen) atoms. The van der Waals surface area contributed by atoms with Gasteiger partial charge in [-0.1, -0.05) is 66.2 Å². The highest BCUT2D eigenvalue weighted by Gasteiger charge is 2.32. The number of rotatable bonds is 12. The van der Waals surface area contributed by atoms with E-state index in [1.807, 2.05) is 42.5 Å². The van der Waals surface area contributed by atoms with Crippen molar-refractivity contribution in [1.29, 1.82) is 0 Å². The highest BCUT2D eigenvalue weighted by Crippen LogP contribution is 2.27. The van der Waals surface area contributed by atoms with Gasteiger partial charge in [0.25, 0.3) is 0 Å². The van der Waals surface area contributed by atoms with Crippen LogP contribution in [0.1, 0.15) is 54.8 Å². The minimum Gasteiger partial charge on any atom is -0.376 e. The number of nitrogens with zero attached hydrogens (tertiary/aromatic N) is 2. The van der Waals surface area contributed by atoms with Crippen LogP contribution in [0, 0.1) is 0 Å². The molecule has 2 atom stereocenters. The molecule has 0 bridgehead atoms. The van der Waals surface area contributed by atoms with Gasteiger partial charge in [0, 0.05) is 44.2 Å². The van der Waals surface area contributed by atoms with E-state index in [0.29, 0.717) is 43.2 Å². The number of carbonyl (C=O) groups is 2. The van der Waals surface area contributed by atoms with E-state index in [1.54, 1.807) is 41.3 Å². The van der Waals surface area contributed by atoms with Gasteiger partial charge in [-0.05, 0) is 73.1 Å². The predicted octanol–water partition coefficient (Wildman–Crippen LogP) is 5.12. The van der Waals surface area contributed by atoms with Crippen LogP contribution < -0.4 is 5.32 Å². The molecule has 2 heterocycles. The maximum absolute atomic E-state index is 14.0. The molecule has 0 unspecified atom stereocenters. The summed E-state index contributed by atoms with van der Waals surface area (Å²) < 4.78 is 33.1. The van der Waals surface area contributed by atoms with Gasteiger partial charge in [-0.15, -0.1) is 0 Å². The fourth-order valence-corrected chi connectivity index (χ4v) is 7.28. The Bertz CT molecular complexity index is 1470. The van der Waals surface area contributed by atoms with E-state index in [-0.39, 0.29) is 35.8 Å². The van der Waals surface area contributed by atoms with Crippen LogP contribution >= 0.6 is 11.6 Å². The van der Waals surface area contributed by atoms with Crippen molar-refractivity contribution in [3.63, 3.8) is 0 Å². The summed E-state index contributed by atoms with van der Waals surface area (Å²) >= 11 is 6.12. The highest BCUT2D eigenvalue weighted by molar-refractivity contribution is 7.89. The number of benzene rings is 3. The van der Waals surface area contributed by atoms with Crippen LogP contribution in [0.5, 0.6) is 0 Å². The molecule has 0 radical (unpaired) electrons. The minimum atomic E-state index is -3.51. The van der Waals surface area contributed by atoms with Crippen molar-refractivity contribution in [1.82, 2.24) is 14.5 Å². The molecule has 0 aliphatic carbocycles. The summed E-state index contributed by atoms with van der Waals surface area (Å²) in [7, 11) is -3.51. The summed E-state index contributed by atoms with van der Waals surface area (Å²) in [6.45, 7) is 2.39. The van der Waals surface area contributed by atoms with Gasteiger partial charge in [-0.2, -0.15) is 4.31 Å². The van der Waals surface area contributed by atoms with Crippen LogP contribution in [0.3, 0.4) is 0 Å². The molecule has 2 saturated heterocycles. The van der Waals surface area contributed by atoms with Crippen LogP contribution in [-0.4, -0.2) is 61.8 Å². The van der Waals surface area contributed by atoms with Gasteiger partial charge in [0.05, 0.1) is 11.0 Å². The molecule has 1 N–H and O–H groups in total. The largest absolute Gasteiger partial charge is 0.376 e. The van der Waals surface area contributed by atoms with Crippen molar-refractivity contribution in [3.8, 4) is 0 Å². The monoisotopic (exact) mass is 623 g/mol. The molecule has 228 valence electrons. The first kappa shape index (κ1) is 31.2. The number of sulfonamides is 1. The predicted molar refractivity (Wildman–Crippen MR) is 166 cm³/mol. The van der Waals surface area contributed by atoms with Gasteiger partial charge in [-0.25, -0.2) is 8.42 Å². The van der Waals surface area contributed by atoms with Crippen LogP contribution in [0.2, 0.25) is 5.02 Å². The first-order valence-electron chi connectivity index (χ1n) is 14.9. The molecule has 3 aromatic carbocycles. The average molecular weight is 624 g/mol. The van der Waals surface area contributed by atoms with E-state index in [2.05, 4.69) is 5.32 Å². The zero-order valence-corrected chi connectivity index (χ0v) is 25.7. The third kappa shape index (κ3) is 8.03. The Balaban J connectivity index is 1.35. The lowest BCUT2D eigenvalue weighted by atomic mass is 10.0. The Hall–Kier alpha value is -3.24. The topological polar surface area (TPSA) is 96.0 Å². The average Bonchev–Trinajstić information content (AvgIpc) is 3.76. The number of halogens is 1. The summed E-state index contributed by atoms with van der Waals surface area (Å²) in [5.74, 6) is -0.453. The number of carbonyl (C=O) groups excluding carboxylic acids is 2. The van der Waals surface area contributed by atoms with Gasteiger partial charge in [0.15, 0.2) is 0 Å². The molecular formula is C33H38ClN3O5S. The van der Waals surface area contributed by atoms with E-state index in [4.69, 9.17) is 16.3 Å². The van der Waals surface area contributed by atoms with Crippen molar-refractivity contribution >= 4 is 33.4 Å². The first-order valence-corrected chi connectivity index (χ1v) is 16.7. The third-order valence-electron chi connectivity index (χ3n) is 8.04. The molecule has 0 saturated carbocycles. The van der Waals surface area contributed by atoms with E-state index in [1.165, 1.54) is 4.31 Å². The van der Waals surface area contributed by atoms with Crippen LogP contribution in [-0.2, 0) is 37.3 Å². The highest BCUT2D eigenvalue weighted by atomic mass is 35.5. The number of aryl methyl sites for hydroxylation is 1. The van der Waals surface area contributed by atoms with Gasteiger partial charge in [-0.3, -0.25) is 9.59 Å². The summed E-state index contributed by atoms with van der Waals surface area (Å²) in [6, 6.07) is 22.5. The van der Waals surface area contributed by atoms with E-state index >= 15 is 0 Å². The van der Waals surface area contributed by atoms with Gasteiger partial charge >= 0.3 is 0 Å². The number of amides is 2. The molecule has 2 aliphatic heterocycles. The van der Waals surface area contributed by atoms with Crippen molar-refractivity contribution in [2.45, 2.75) is 62.1 Å². The number of hydrogen-bond donors (Lipinski definition) is 1. The van der Waals surface area contributed by atoms with Crippen molar-refractivity contribution in [2.24, 2.45) is 0 Å². The minimum absolute atomic E-state index is 0.0296. The molecule has 8 nitrogen and oxygen atoms in total. The Kier molecular flexibility index (Phi) is 10.5. The van der Waals surface area contributed by atoms with Crippen molar-refractivity contribution < 1.29 is 22.7 Å². The normalized spacial score (nSPS) is 17.9. The van der Waals surface area contributed by atoms with Crippen LogP contribution in [0.15, 0.2) is 83.8 Å². The fourth-order valence-electron chi connectivity index (χ4n) is 5.64. The zero-order valence-electron chi connectivity index (χ0n) is 24.2. The second-order valence-corrected chi connectivity index (χ2v) is 13.5. The molecule has 2 aliphatic rings. The van der Waals surface area contributed by atoms with Crippen molar-refractivity contribution in [3.05, 3.63) is 101 Å². The lowest BCUT2D eigenvalue weighted by Gasteiger charge is -2.32. The molecular weight excluding hydrogens is 586 g/mol. The summed E-state index contributed by atoms with van der Waals surface area (Å²) in [5, 5.41) is 3.62. The maximum atomic E-state index is 14.0. The molecule has 3 aromatic rings. The molecule has 2 fully saturated rings. The van der Waals surface area contributed by atoms with Gasteiger partial charge < -0.3 is 15.0 Å². The standard InChI is InChI=1S/C33H38ClN3O5S/c34-28-15-10-26(11-16-28)24-37(32(27-7-2-1-3-8-27)33(39)35-23-29-9-6-22-42-29)31(38)19-14-25-12-17-30(18-13-25)43(40,41)36-20-4-5-21-36/h1-3,7-8,10-13,15-18,29,32H,4-6,9,14,19-24H2,(H,35,39)/t29-,32+/m0/s1. The quantitative estimate of drug-likeness (QED) is 0.302. The van der Waals surface area contributed by atoms with E-state index < -0.39 is 16.1 Å². The molecule has 2 amide bonds. The Morgan fingerprint density at radius 2 is 1.60 bits per heavy atom. The number of ether oxygens (including phenoxy) is 1. The molecule has 5 rings (SSSR count). The Morgan fingerprint density at radius 1 is 0.930 bits per heavy atom. The lowest BCUT2D eigenvalue weighted by Crippen LogP contribution is -2.45. The maximum Gasteiger partial charge on any atom is 0.247 e. The molecule has 10 heteroatoms. The van der Waals surface area contributed by atoms with Gasteiger partial charge in [0.1, 0.15) is 6.04 Å². The molecule has 0 spiro atoms. The summed E-state index contributed by atoms with van der Waals surface area (Å²) in [6.07, 6.45) is 4.13. The second-order valence-electron chi connectivity index (χ2n) is 11.1. The van der Waals surface area contributed by atoms with E-state index in [9.17, 15) is 18.0 Å². The van der Waals surface area contributed by atoms with Gasteiger partial charge in [0.2, 0.25) is 21.8 Å². The first-order chi connectivity index (χ1) is 20.8. The third-order valence-corrected chi connectivity index (χ3v) is 10.2. The Morgan fingerprint density at radius 3 is 2.26 bits per heavy atom. The number of nitrogens with one attached hydrogen (secondary N) is 1. The lowest BCUT2D eigenvalue weighted by molar-refractivity contribution is -0.141. The SMILES string of the molecule is O=C(NC[C@@H]1CCCO1)[C@@H](c1ccccc1)N(Cc1ccc(Cl)cc1)C(=O)CCc1ccc(S(=O)(=O)N2CCCC2)cc1. The van der Waals surface area contributed by atoms with E-state index in [0.717, 1.165) is 36.8 Å². The summed E-state index contributed by atoms with van der Waals surface area (Å²) in [4.78, 5) is 29.6. The smallest absolute Gasteiger partial charge is 0.247 e. The van der Waals surface area contributed by atoms with Crippen molar-refractivity contribution in [2.75, 3.05) is 26.2 Å². The molecule has 0 aromatic heterocycles. The number of hydrogen-bond acceptors (Lipinski definition) is 5. The zero-order chi connectivity index (χ0) is 30.2. The summed E-state index contributed by atoms with van der Waals surface area (Å²) in [5.41, 5.74) is 2.41. The Labute approximate surface area is 259 Å². The second kappa shape index (κ2) is 14.5.